The molecule has 6 nitrogen and oxygen atoms in total. The van der Waals surface area contributed by atoms with Gasteiger partial charge in [0.15, 0.2) is 9.84 Å². The van der Waals surface area contributed by atoms with Gasteiger partial charge in [0.25, 0.3) is 0 Å². The molecule has 1 aliphatic heterocycles. The maximum atomic E-state index is 11.6. The highest BCUT2D eigenvalue weighted by molar-refractivity contribution is 7.91. The Balaban J connectivity index is 2.16. The van der Waals surface area contributed by atoms with Crippen LogP contribution in [0.4, 0.5) is 11.8 Å². The van der Waals surface area contributed by atoms with Crippen LogP contribution in [0.2, 0.25) is 0 Å². The van der Waals surface area contributed by atoms with Crippen molar-refractivity contribution in [3.63, 3.8) is 0 Å². The van der Waals surface area contributed by atoms with Crippen molar-refractivity contribution < 1.29 is 8.42 Å². The Labute approximate surface area is 120 Å². The Morgan fingerprint density at radius 3 is 2.80 bits per heavy atom. The van der Waals surface area contributed by atoms with Gasteiger partial charge in [-0.25, -0.2) is 13.4 Å². The topological polar surface area (TPSA) is 84.0 Å². The van der Waals surface area contributed by atoms with E-state index >= 15 is 0 Å². The zero-order valence-corrected chi connectivity index (χ0v) is 13.0. The highest BCUT2D eigenvalue weighted by Gasteiger charge is 2.38. The molecule has 0 spiro atoms. The van der Waals surface area contributed by atoms with E-state index in [1.54, 1.807) is 6.20 Å². The molecule has 0 bridgehead atoms. The number of nitrogens with one attached hydrogen (secondary N) is 2. The van der Waals surface area contributed by atoms with Crippen LogP contribution in [-0.4, -0.2) is 42.0 Å². The lowest BCUT2D eigenvalue weighted by atomic mass is 10.0. The minimum Gasteiger partial charge on any atom is -0.363 e. The third-order valence-electron chi connectivity index (χ3n) is 3.43. The van der Waals surface area contributed by atoms with Gasteiger partial charge in [0.1, 0.15) is 5.82 Å². The van der Waals surface area contributed by atoms with Crippen molar-refractivity contribution in [2.24, 2.45) is 0 Å². The molecular weight excluding hydrogens is 276 g/mol. The van der Waals surface area contributed by atoms with Crippen molar-refractivity contribution in [2.45, 2.75) is 39.2 Å². The molecule has 1 saturated heterocycles. The van der Waals surface area contributed by atoms with Gasteiger partial charge in [0, 0.05) is 18.3 Å². The van der Waals surface area contributed by atoms with Gasteiger partial charge in [-0.2, -0.15) is 4.98 Å². The number of anilines is 2. The summed E-state index contributed by atoms with van der Waals surface area (Å²) >= 11 is 0. The predicted molar refractivity (Wildman–Crippen MR) is 80.8 cm³/mol. The number of rotatable bonds is 5. The van der Waals surface area contributed by atoms with Crippen LogP contribution in [0.3, 0.4) is 0 Å². The van der Waals surface area contributed by atoms with Crippen molar-refractivity contribution in [3.8, 4) is 0 Å². The smallest absolute Gasteiger partial charge is 0.224 e. The standard InChI is InChI=1S/C13H22N4O2S/c1-4-6-14-12-15-8-10(2)11(16-12)17-13(3)5-7-20(18,19)9-13/h8H,4-7,9H2,1-3H3,(H2,14,15,16,17). The molecule has 0 amide bonds. The van der Waals surface area contributed by atoms with E-state index in [4.69, 9.17) is 0 Å². The molecule has 0 radical (unpaired) electrons. The zero-order valence-electron chi connectivity index (χ0n) is 12.2. The van der Waals surface area contributed by atoms with Crippen molar-refractivity contribution in [3.05, 3.63) is 11.8 Å². The Morgan fingerprint density at radius 2 is 2.20 bits per heavy atom. The fraction of sp³-hybridized carbons (Fsp3) is 0.692. The second kappa shape index (κ2) is 5.55. The van der Waals surface area contributed by atoms with Crippen LogP contribution in [0.5, 0.6) is 0 Å². The van der Waals surface area contributed by atoms with Crippen LogP contribution < -0.4 is 10.6 Å². The Bertz CT molecular complexity index is 588. The van der Waals surface area contributed by atoms with Gasteiger partial charge in [0.05, 0.1) is 17.0 Å². The van der Waals surface area contributed by atoms with Gasteiger partial charge < -0.3 is 10.6 Å². The Morgan fingerprint density at radius 1 is 1.45 bits per heavy atom. The van der Waals surface area contributed by atoms with Crippen molar-refractivity contribution in [2.75, 3.05) is 28.7 Å². The molecule has 1 atom stereocenters. The van der Waals surface area contributed by atoms with E-state index in [1.165, 1.54) is 0 Å². The molecule has 7 heteroatoms. The van der Waals surface area contributed by atoms with Crippen LogP contribution in [0, 0.1) is 6.92 Å². The lowest BCUT2D eigenvalue weighted by Gasteiger charge is -2.25. The van der Waals surface area contributed by atoms with Gasteiger partial charge in [-0.05, 0) is 26.7 Å². The second-order valence-corrected chi connectivity index (χ2v) is 7.86. The lowest BCUT2D eigenvalue weighted by molar-refractivity contribution is 0.571. The maximum absolute atomic E-state index is 11.6. The molecule has 1 unspecified atom stereocenters. The normalized spacial score (nSPS) is 24.6. The SMILES string of the molecule is CCCNc1ncc(C)c(NC2(C)CCS(=O)(=O)C2)n1. The van der Waals surface area contributed by atoms with Crippen LogP contribution in [0.15, 0.2) is 6.20 Å². The van der Waals surface area contributed by atoms with E-state index in [1.807, 2.05) is 13.8 Å². The van der Waals surface area contributed by atoms with E-state index < -0.39 is 15.4 Å². The van der Waals surface area contributed by atoms with Crippen molar-refractivity contribution >= 4 is 21.6 Å². The fourth-order valence-corrected chi connectivity index (χ4v) is 4.38. The van der Waals surface area contributed by atoms with Crippen molar-refractivity contribution in [1.29, 1.82) is 0 Å². The minimum atomic E-state index is -2.93. The maximum Gasteiger partial charge on any atom is 0.224 e. The average Bonchev–Trinajstić information content (AvgIpc) is 2.64. The molecule has 0 aliphatic carbocycles. The zero-order chi connectivity index (χ0) is 14.8. The van der Waals surface area contributed by atoms with E-state index in [-0.39, 0.29) is 11.5 Å². The summed E-state index contributed by atoms with van der Waals surface area (Å²) in [5.41, 5.74) is 0.470. The highest BCUT2D eigenvalue weighted by Crippen LogP contribution is 2.28. The van der Waals surface area contributed by atoms with Crippen LogP contribution >= 0.6 is 0 Å². The third kappa shape index (κ3) is 3.59. The molecule has 2 heterocycles. The van der Waals surface area contributed by atoms with Crippen LogP contribution in [0.25, 0.3) is 0 Å². The summed E-state index contributed by atoms with van der Waals surface area (Å²) in [7, 11) is -2.93. The monoisotopic (exact) mass is 298 g/mol. The van der Waals surface area contributed by atoms with E-state index in [0.717, 1.165) is 18.5 Å². The van der Waals surface area contributed by atoms with E-state index in [0.29, 0.717) is 18.2 Å². The number of hydrogen-bond donors (Lipinski definition) is 2. The Hall–Kier alpha value is -1.37. The van der Waals surface area contributed by atoms with Crippen LogP contribution in [-0.2, 0) is 9.84 Å². The summed E-state index contributed by atoms with van der Waals surface area (Å²) in [5.74, 6) is 1.67. The number of nitrogens with zero attached hydrogens (tertiary/aromatic N) is 2. The number of sulfone groups is 1. The first-order valence-electron chi connectivity index (χ1n) is 6.90. The summed E-state index contributed by atoms with van der Waals surface area (Å²) in [6.07, 6.45) is 3.35. The first kappa shape index (κ1) is 15.0. The Kier molecular flexibility index (Phi) is 4.17. The summed E-state index contributed by atoms with van der Waals surface area (Å²) < 4.78 is 23.3. The largest absolute Gasteiger partial charge is 0.363 e. The number of aromatic nitrogens is 2. The molecular formula is C13H22N4O2S. The van der Waals surface area contributed by atoms with Gasteiger partial charge >= 0.3 is 0 Å². The molecule has 20 heavy (non-hydrogen) atoms. The molecule has 0 saturated carbocycles. The predicted octanol–water partition coefficient (Wildman–Crippen LogP) is 1.60. The average molecular weight is 298 g/mol. The van der Waals surface area contributed by atoms with Gasteiger partial charge in [-0.3, -0.25) is 0 Å². The van der Waals surface area contributed by atoms with Gasteiger partial charge in [-0.15, -0.1) is 0 Å². The summed E-state index contributed by atoms with van der Waals surface area (Å²) in [4.78, 5) is 8.66. The van der Waals surface area contributed by atoms with E-state index in [2.05, 4.69) is 27.5 Å². The van der Waals surface area contributed by atoms with E-state index in [9.17, 15) is 8.42 Å². The molecule has 2 rings (SSSR count). The number of hydrogen-bond acceptors (Lipinski definition) is 6. The quantitative estimate of drug-likeness (QED) is 0.859. The van der Waals surface area contributed by atoms with Crippen LogP contribution in [0.1, 0.15) is 32.3 Å². The fourth-order valence-electron chi connectivity index (χ4n) is 2.29. The first-order valence-corrected chi connectivity index (χ1v) is 8.72. The summed E-state index contributed by atoms with van der Waals surface area (Å²) in [6.45, 7) is 6.73. The molecule has 2 N–H and O–H groups in total. The van der Waals surface area contributed by atoms with Gasteiger partial charge in [-0.1, -0.05) is 6.92 Å². The molecule has 1 aromatic heterocycles. The highest BCUT2D eigenvalue weighted by atomic mass is 32.2. The first-order chi connectivity index (χ1) is 9.34. The molecule has 112 valence electrons. The molecule has 1 aliphatic rings. The lowest BCUT2D eigenvalue weighted by Crippen LogP contribution is -2.36. The summed E-state index contributed by atoms with van der Waals surface area (Å²) in [6, 6.07) is 0. The third-order valence-corrected chi connectivity index (χ3v) is 5.33. The van der Waals surface area contributed by atoms with Crippen molar-refractivity contribution in [1.82, 2.24) is 9.97 Å². The molecule has 1 aromatic rings. The molecule has 0 aromatic carbocycles. The summed E-state index contributed by atoms with van der Waals surface area (Å²) in [5, 5.41) is 6.42. The minimum absolute atomic E-state index is 0.154. The molecule has 1 fully saturated rings. The second-order valence-electron chi connectivity index (χ2n) is 5.68. The number of aryl methyl sites for hydroxylation is 1. The van der Waals surface area contributed by atoms with Gasteiger partial charge in [0.2, 0.25) is 5.95 Å².